The fourth-order valence-corrected chi connectivity index (χ4v) is 2.74. The van der Waals surface area contributed by atoms with E-state index in [1.807, 2.05) is 25.4 Å². The number of nitrogens with zero attached hydrogens (tertiary/aromatic N) is 2. The van der Waals surface area contributed by atoms with Crippen molar-refractivity contribution in [2.45, 2.75) is 39.8 Å². The van der Waals surface area contributed by atoms with E-state index < -0.39 is 0 Å². The Morgan fingerprint density at radius 1 is 1.29 bits per heavy atom. The van der Waals surface area contributed by atoms with Crippen molar-refractivity contribution in [3.05, 3.63) is 33.6 Å². The molecular weight excluding hydrogens is 234 g/mol. The topological polar surface area (TPSA) is 51.0 Å². The molecule has 1 N–H and O–H groups in total. The van der Waals surface area contributed by atoms with Crippen LogP contribution in [0.5, 0.6) is 0 Å². The first-order chi connectivity index (χ1) is 8.09. The zero-order chi connectivity index (χ0) is 12.4. The standard InChI is InChI=1S/C12H17N3OS/c1-7(11-8(2)15-16-10(11)4)14-9(3)12-13-5-6-17-12/h5-7,9,14H,1-4H3. The average Bonchev–Trinajstić information content (AvgIpc) is 2.88. The molecule has 0 saturated heterocycles. The summed E-state index contributed by atoms with van der Waals surface area (Å²) in [5.74, 6) is 0.883. The van der Waals surface area contributed by atoms with Crippen molar-refractivity contribution in [1.82, 2.24) is 15.5 Å². The van der Waals surface area contributed by atoms with Crippen LogP contribution < -0.4 is 5.32 Å². The van der Waals surface area contributed by atoms with Gasteiger partial charge in [-0.25, -0.2) is 4.98 Å². The maximum Gasteiger partial charge on any atom is 0.138 e. The van der Waals surface area contributed by atoms with Crippen molar-refractivity contribution in [3.63, 3.8) is 0 Å². The highest BCUT2D eigenvalue weighted by Crippen LogP contribution is 2.24. The molecule has 0 aliphatic rings. The largest absolute Gasteiger partial charge is 0.361 e. The van der Waals surface area contributed by atoms with E-state index in [0.717, 1.165) is 22.0 Å². The second-order valence-corrected chi connectivity index (χ2v) is 5.14. The van der Waals surface area contributed by atoms with E-state index in [9.17, 15) is 0 Å². The van der Waals surface area contributed by atoms with Crippen LogP contribution in [-0.2, 0) is 0 Å². The van der Waals surface area contributed by atoms with E-state index >= 15 is 0 Å². The molecule has 0 aromatic carbocycles. The molecule has 2 unspecified atom stereocenters. The molecule has 0 saturated carbocycles. The molecule has 5 heteroatoms. The Balaban J connectivity index is 2.09. The third kappa shape index (κ3) is 2.56. The highest BCUT2D eigenvalue weighted by Gasteiger charge is 2.19. The van der Waals surface area contributed by atoms with Gasteiger partial charge in [-0.15, -0.1) is 11.3 Å². The summed E-state index contributed by atoms with van der Waals surface area (Å²) in [5, 5.41) is 10.6. The molecule has 0 radical (unpaired) electrons. The van der Waals surface area contributed by atoms with Crippen LogP contribution in [0.4, 0.5) is 0 Å². The fourth-order valence-electron chi connectivity index (χ4n) is 2.09. The van der Waals surface area contributed by atoms with Crippen molar-refractivity contribution in [2.24, 2.45) is 0 Å². The van der Waals surface area contributed by atoms with Crippen LogP contribution in [0.15, 0.2) is 16.1 Å². The van der Waals surface area contributed by atoms with Gasteiger partial charge in [-0.2, -0.15) is 0 Å². The first kappa shape index (κ1) is 12.3. The predicted molar refractivity (Wildman–Crippen MR) is 68.1 cm³/mol. The maximum atomic E-state index is 5.19. The Hall–Kier alpha value is -1.20. The average molecular weight is 251 g/mol. The van der Waals surface area contributed by atoms with Gasteiger partial charge in [0.25, 0.3) is 0 Å². The number of rotatable bonds is 4. The molecule has 2 atom stereocenters. The van der Waals surface area contributed by atoms with Gasteiger partial charge in [-0.3, -0.25) is 0 Å². The lowest BCUT2D eigenvalue weighted by molar-refractivity contribution is 0.389. The molecule has 2 aromatic rings. The van der Waals surface area contributed by atoms with E-state index in [4.69, 9.17) is 4.52 Å². The maximum absolute atomic E-state index is 5.19. The van der Waals surface area contributed by atoms with Crippen molar-refractivity contribution in [3.8, 4) is 0 Å². The summed E-state index contributed by atoms with van der Waals surface area (Å²) in [7, 11) is 0. The van der Waals surface area contributed by atoms with E-state index in [2.05, 4.69) is 29.3 Å². The van der Waals surface area contributed by atoms with E-state index in [0.29, 0.717) is 0 Å². The molecule has 2 heterocycles. The highest BCUT2D eigenvalue weighted by atomic mass is 32.1. The van der Waals surface area contributed by atoms with Crippen LogP contribution in [0.1, 0.15) is 48.0 Å². The second-order valence-electron chi connectivity index (χ2n) is 4.22. The van der Waals surface area contributed by atoms with Gasteiger partial charge in [0.1, 0.15) is 10.8 Å². The normalized spacial score (nSPS) is 14.8. The van der Waals surface area contributed by atoms with E-state index in [-0.39, 0.29) is 12.1 Å². The van der Waals surface area contributed by atoms with Gasteiger partial charge in [-0.05, 0) is 27.7 Å². The predicted octanol–water partition coefficient (Wildman–Crippen LogP) is 3.16. The van der Waals surface area contributed by atoms with Gasteiger partial charge in [0, 0.05) is 23.2 Å². The zero-order valence-corrected chi connectivity index (χ0v) is 11.3. The fraction of sp³-hybridized carbons (Fsp3) is 0.500. The number of nitrogens with one attached hydrogen (secondary N) is 1. The van der Waals surface area contributed by atoms with E-state index in [1.54, 1.807) is 11.3 Å². The summed E-state index contributed by atoms with van der Waals surface area (Å²) in [4.78, 5) is 4.31. The van der Waals surface area contributed by atoms with Gasteiger partial charge in [0.05, 0.1) is 11.7 Å². The third-order valence-corrected chi connectivity index (χ3v) is 3.80. The first-order valence-corrected chi connectivity index (χ1v) is 6.55. The second kappa shape index (κ2) is 4.98. The molecule has 4 nitrogen and oxygen atoms in total. The Bertz CT molecular complexity index is 458. The Kier molecular flexibility index (Phi) is 3.59. The monoisotopic (exact) mass is 251 g/mol. The summed E-state index contributed by atoms with van der Waals surface area (Å²) < 4.78 is 5.19. The Morgan fingerprint density at radius 2 is 2.06 bits per heavy atom. The van der Waals surface area contributed by atoms with Crippen molar-refractivity contribution < 1.29 is 4.52 Å². The number of aryl methyl sites for hydroxylation is 2. The molecule has 0 fully saturated rings. The molecule has 0 amide bonds. The quantitative estimate of drug-likeness (QED) is 0.906. The summed E-state index contributed by atoms with van der Waals surface area (Å²) in [6.07, 6.45) is 1.83. The molecule has 0 bridgehead atoms. The summed E-state index contributed by atoms with van der Waals surface area (Å²) in [6.45, 7) is 8.16. The molecule has 0 aliphatic heterocycles. The first-order valence-electron chi connectivity index (χ1n) is 5.67. The molecule has 0 spiro atoms. The lowest BCUT2D eigenvalue weighted by Crippen LogP contribution is -2.23. The Labute approximate surface area is 105 Å². The van der Waals surface area contributed by atoms with Gasteiger partial charge < -0.3 is 9.84 Å². The number of hydrogen-bond donors (Lipinski definition) is 1. The van der Waals surface area contributed by atoms with Crippen LogP contribution in [0.25, 0.3) is 0 Å². The molecule has 92 valence electrons. The number of hydrogen-bond acceptors (Lipinski definition) is 5. The van der Waals surface area contributed by atoms with Crippen molar-refractivity contribution in [2.75, 3.05) is 0 Å². The molecule has 2 rings (SSSR count). The number of aromatic nitrogens is 2. The summed E-state index contributed by atoms with van der Waals surface area (Å²) in [5.41, 5.74) is 2.10. The summed E-state index contributed by atoms with van der Waals surface area (Å²) in [6, 6.07) is 0.443. The number of thiazole rings is 1. The lowest BCUT2D eigenvalue weighted by atomic mass is 10.1. The van der Waals surface area contributed by atoms with Crippen LogP contribution in [0, 0.1) is 13.8 Å². The van der Waals surface area contributed by atoms with Crippen molar-refractivity contribution in [1.29, 1.82) is 0 Å². The minimum atomic E-state index is 0.208. The Morgan fingerprint density at radius 3 is 2.59 bits per heavy atom. The van der Waals surface area contributed by atoms with Gasteiger partial charge in [-0.1, -0.05) is 5.16 Å². The van der Waals surface area contributed by atoms with Crippen LogP contribution in [-0.4, -0.2) is 10.1 Å². The summed E-state index contributed by atoms with van der Waals surface area (Å²) >= 11 is 1.67. The minimum Gasteiger partial charge on any atom is -0.361 e. The minimum absolute atomic E-state index is 0.208. The van der Waals surface area contributed by atoms with Crippen LogP contribution in [0.2, 0.25) is 0 Å². The molecule has 17 heavy (non-hydrogen) atoms. The molecule has 2 aromatic heterocycles. The van der Waals surface area contributed by atoms with Gasteiger partial charge in [0.15, 0.2) is 0 Å². The van der Waals surface area contributed by atoms with Crippen LogP contribution >= 0.6 is 11.3 Å². The van der Waals surface area contributed by atoms with Crippen LogP contribution in [0.3, 0.4) is 0 Å². The van der Waals surface area contributed by atoms with Gasteiger partial charge >= 0.3 is 0 Å². The lowest BCUT2D eigenvalue weighted by Gasteiger charge is -2.18. The smallest absolute Gasteiger partial charge is 0.138 e. The zero-order valence-electron chi connectivity index (χ0n) is 10.5. The van der Waals surface area contributed by atoms with Crippen molar-refractivity contribution >= 4 is 11.3 Å². The van der Waals surface area contributed by atoms with Gasteiger partial charge in [0.2, 0.25) is 0 Å². The third-order valence-electron chi connectivity index (χ3n) is 2.84. The highest BCUT2D eigenvalue weighted by molar-refractivity contribution is 7.09. The molecule has 0 aliphatic carbocycles. The molecular formula is C12H17N3OS. The van der Waals surface area contributed by atoms with E-state index in [1.165, 1.54) is 0 Å². The SMILES string of the molecule is Cc1noc(C)c1C(C)NC(C)c1nccs1.